The van der Waals surface area contributed by atoms with Crippen molar-refractivity contribution in [3.8, 4) is 55.6 Å². The molecule has 0 aromatic heterocycles. The van der Waals surface area contributed by atoms with Gasteiger partial charge in [-0.1, -0.05) is 170 Å². The monoisotopic (exact) mass is 646 g/mol. The minimum Gasteiger partial charge on any atom is -0.0622 e. The van der Waals surface area contributed by atoms with Crippen molar-refractivity contribution in [1.29, 1.82) is 0 Å². The quantitative estimate of drug-likeness (QED) is 0.178. The summed E-state index contributed by atoms with van der Waals surface area (Å²) >= 11 is 0. The molecule has 0 aliphatic heterocycles. The van der Waals surface area contributed by atoms with E-state index < -0.39 is 0 Å². The van der Waals surface area contributed by atoms with Gasteiger partial charge < -0.3 is 0 Å². The number of rotatable bonds is 4. The molecule has 0 heteroatoms. The van der Waals surface area contributed by atoms with Gasteiger partial charge in [0.25, 0.3) is 0 Å². The van der Waals surface area contributed by atoms with E-state index in [2.05, 4.69) is 182 Å². The van der Waals surface area contributed by atoms with Gasteiger partial charge in [-0.2, -0.15) is 0 Å². The Labute approximate surface area is 299 Å². The highest BCUT2D eigenvalue weighted by Crippen LogP contribution is 2.53. The van der Waals surface area contributed by atoms with E-state index in [-0.39, 0.29) is 11.8 Å². The van der Waals surface area contributed by atoms with E-state index in [1.165, 1.54) is 100 Å². The standard InChI is InChI=1S/C51H34/c1-2-13-32(14-3-1)49-42-21-9-6-18-38(42)41-27-25-34(31-48(41)49)33-26-28-46-47(30-33)40-20-8-11-23-45(40)51(46)44-22-10-7-19-39(44)43-24-12-16-36-29-35-15-4-5-17-37(35)50(36)43/h1-28,30-31,49,51H,29H2. The molecule has 0 nitrogen and oxygen atoms in total. The smallest absolute Gasteiger partial charge is 0.0358 e. The van der Waals surface area contributed by atoms with E-state index in [1.54, 1.807) is 0 Å². The Balaban J connectivity index is 1.05. The molecule has 0 N–H and O–H groups in total. The Bertz CT molecular complexity index is 2680. The third-order valence-electron chi connectivity index (χ3n) is 11.7. The summed E-state index contributed by atoms with van der Waals surface area (Å²) in [4.78, 5) is 0. The first kappa shape index (κ1) is 28.6. The summed E-state index contributed by atoms with van der Waals surface area (Å²) in [5, 5.41) is 0. The van der Waals surface area contributed by atoms with Crippen LogP contribution in [0.25, 0.3) is 55.6 Å². The van der Waals surface area contributed by atoms with Gasteiger partial charge in [0.2, 0.25) is 0 Å². The Morgan fingerprint density at radius 3 is 1.57 bits per heavy atom. The van der Waals surface area contributed by atoms with Crippen molar-refractivity contribution >= 4 is 0 Å². The van der Waals surface area contributed by atoms with Crippen molar-refractivity contribution in [2.24, 2.45) is 0 Å². The van der Waals surface area contributed by atoms with E-state index in [9.17, 15) is 0 Å². The van der Waals surface area contributed by atoms with Crippen LogP contribution in [0.5, 0.6) is 0 Å². The second-order valence-electron chi connectivity index (χ2n) is 14.3. The number of hydrogen-bond acceptors (Lipinski definition) is 0. The SMILES string of the molecule is c1ccc(C2c3ccccc3-c3ccc(-c4ccc5c(c4)-c4ccccc4C5c4ccccc4-c4cccc5c4-c4ccccc4C5)cc32)cc1. The molecule has 8 aromatic rings. The fourth-order valence-corrected chi connectivity index (χ4v) is 9.52. The van der Waals surface area contributed by atoms with Crippen molar-refractivity contribution < 1.29 is 0 Å². The topological polar surface area (TPSA) is 0 Å². The normalized spacial score (nSPS) is 15.8. The maximum atomic E-state index is 2.45. The van der Waals surface area contributed by atoms with E-state index in [4.69, 9.17) is 0 Å². The Hall–Kier alpha value is -6.24. The molecule has 3 aliphatic carbocycles. The molecule has 51 heavy (non-hydrogen) atoms. The van der Waals surface area contributed by atoms with Crippen LogP contribution in [0.15, 0.2) is 182 Å². The van der Waals surface area contributed by atoms with Crippen LogP contribution in [0.2, 0.25) is 0 Å². The summed E-state index contributed by atoms with van der Waals surface area (Å²) in [6.45, 7) is 0. The van der Waals surface area contributed by atoms with Gasteiger partial charge >= 0.3 is 0 Å². The lowest BCUT2D eigenvalue weighted by Crippen LogP contribution is -2.02. The highest BCUT2D eigenvalue weighted by molar-refractivity contribution is 5.93. The van der Waals surface area contributed by atoms with Crippen LogP contribution in [0.4, 0.5) is 0 Å². The molecule has 0 saturated heterocycles. The largest absolute Gasteiger partial charge is 0.0622 e. The first-order valence-electron chi connectivity index (χ1n) is 18.1. The Kier molecular flexibility index (Phi) is 6.24. The molecular weight excluding hydrogens is 613 g/mol. The van der Waals surface area contributed by atoms with Crippen molar-refractivity contribution in [2.45, 2.75) is 18.3 Å². The highest BCUT2D eigenvalue weighted by atomic mass is 14.4. The third-order valence-corrected chi connectivity index (χ3v) is 11.7. The van der Waals surface area contributed by atoms with Crippen LogP contribution in [0, 0.1) is 0 Å². The van der Waals surface area contributed by atoms with Crippen LogP contribution in [0.3, 0.4) is 0 Å². The van der Waals surface area contributed by atoms with Crippen molar-refractivity contribution in [3.63, 3.8) is 0 Å². The molecule has 0 spiro atoms. The Morgan fingerprint density at radius 1 is 0.294 bits per heavy atom. The lowest BCUT2D eigenvalue weighted by atomic mass is 9.82. The summed E-state index contributed by atoms with van der Waals surface area (Å²) < 4.78 is 0. The van der Waals surface area contributed by atoms with Crippen LogP contribution < -0.4 is 0 Å². The van der Waals surface area contributed by atoms with Gasteiger partial charge in [0.05, 0.1) is 0 Å². The molecule has 11 rings (SSSR count). The lowest BCUT2D eigenvalue weighted by Gasteiger charge is -2.21. The molecule has 0 heterocycles. The van der Waals surface area contributed by atoms with Gasteiger partial charge in [0.15, 0.2) is 0 Å². The predicted octanol–water partition coefficient (Wildman–Crippen LogP) is 12.9. The summed E-state index contributed by atoms with van der Waals surface area (Å²) in [5.74, 6) is 0.394. The van der Waals surface area contributed by atoms with Gasteiger partial charge in [-0.3, -0.25) is 0 Å². The number of fused-ring (bicyclic) bond motifs is 9. The summed E-state index contributed by atoms with van der Waals surface area (Å²) in [6.07, 6.45) is 1.00. The van der Waals surface area contributed by atoms with Gasteiger partial charge in [-0.05, 0) is 119 Å². The first-order valence-corrected chi connectivity index (χ1v) is 18.1. The summed E-state index contributed by atoms with van der Waals surface area (Å²) in [7, 11) is 0. The van der Waals surface area contributed by atoms with E-state index in [0.717, 1.165) is 6.42 Å². The summed E-state index contributed by atoms with van der Waals surface area (Å²) in [6, 6.07) is 68.3. The van der Waals surface area contributed by atoms with Crippen molar-refractivity contribution in [3.05, 3.63) is 226 Å². The highest BCUT2D eigenvalue weighted by Gasteiger charge is 2.34. The minimum absolute atomic E-state index is 0.158. The summed E-state index contributed by atoms with van der Waals surface area (Å²) in [5.41, 5.74) is 24.5. The maximum Gasteiger partial charge on any atom is 0.0358 e. The average molecular weight is 647 g/mol. The van der Waals surface area contributed by atoms with Gasteiger partial charge in [0, 0.05) is 11.8 Å². The van der Waals surface area contributed by atoms with Crippen LogP contribution in [-0.4, -0.2) is 0 Å². The van der Waals surface area contributed by atoms with Gasteiger partial charge in [-0.15, -0.1) is 0 Å². The molecule has 8 aromatic carbocycles. The first-order chi connectivity index (χ1) is 25.3. The lowest BCUT2D eigenvalue weighted by molar-refractivity contribution is 1.01. The molecule has 0 saturated carbocycles. The van der Waals surface area contributed by atoms with Gasteiger partial charge in [-0.25, -0.2) is 0 Å². The molecule has 2 unspecified atom stereocenters. The third kappa shape index (κ3) is 4.27. The molecule has 0 amide bonds. The second-order valence-corrected chi connectivity index (χ2v) is 14.3. The second kappa shape index (κ2) is 11.1. The fraction of sp³-hybridized carbons (Fsp3) is 0.0588. The van der Waals surface area contributed by atoms with Crippen LogP contribution >= 0.6 is 0 Å². The molecule has 0 bridgehead atoms. The maximum absolute atomic E-state index is 2.45. The molecule has 0 fully saturated rings. The molecule has 2 atom stereocenters. The fourth-order valence-electron chi connectivity index (χ4n) is 9.52. The van der Waals surface area contributed by atoms with Crippen LogP contribution in [-0.2, 0) is 6.42 Å². The van der Waals surface area contributed by atoms with E-state index in [1.807, 2.05) is 0 Å². The predicted molar refractivity (Wildman–Crippen MR) is 211 cm³/mol. The van der Waals surface area contributed by atoms with Gasteiger partial charge in [0.1, 0.15) is 0 Å². The van der Waals surface area contributed by atoms with Crippen molar-refractivity contribution in [2.75, 3.05) is 0 Å². The van der Waals surface area contributed by atoms with E-state index in [0.29, 0.717) is 0 Å². The number of benzene rings is 8. The number of hydrogen-bond donors (Lipinski definition) is 0. The minimum atomic E-state index is 0.158. The van der Waals surface area contributed by atoms with Crippen LogP contribution in [0.1, 0.15) is 56.3 Å². The zero-order chi connectivity index (χ0) is 33.5. The Morgan fingerprint density at radius 2 is 0.804 bits per heavy atom. The van der Waals surface area contributed by atoms with E-state index >= 15 is 0 Å². The molecular formula is C51H34. The molecule has 0 radical (unpaired) electrons. The molecule has 238 valence electrons. The average Bonchev–Trinajstić information content (AvgIpc) is 3.85. The zero-order valence-corrected chi connectivity index (χ0v) is 28.2. The van der Waals surface area contributed by atoms with Crippen molar-refractivity contribution in [1.82, 2.24) is 0 Å². The molecule has 3 aliphatic rings. The zero-order valence-electron chi connectivity index (χ0n) is 28.2.